The Bertz CT molecular complexity index is 893. The van der Waals surface area contributed by atoms with Gasteiger partial charge in [0.05, 0.1) is 0 Å². The summed E-state index contributed by atoms with van der Waals surface area (Å²) in [6, 6.07) is 13.3. The molecule has 0 aromatic heterocycles. The first-order valence-electron chi connectivity index (χ1n) is 8.58. The van der Waals surface area contributed by atoms with Crippen molar-refractivity contribution in [2.75, 3.05) is 27.4 Å². The van der Waals surface area contributed by atoms with Crippen LogP contribution in [0.4, 0.5) is 22.7 Å². The maximum absolute atomic E-state index is 12.4. The van der Waals surface area contributed by atoms with Gasteiger partial charge in [0.1, 0.15) is 6.54 Å². The van der Waals surface area contributed by atoms with E-state index in [1.165, 1.54) is 25.7 Å². The topological polar surface area (TPSA) is 108 Å². The summed E-state index contributed by atoms with van der Waals surface area (Å²) in [5, 5.41) is 7.99. The highest BCUT2D eigenvalue weighted by Gasteiger charge is 2.16. The number of rotatable bonds is 6. The van der Waals surface area contributed by atoms with Crippen LogP contribution in [0.25, 0.3) is 0 Å². The van der Waals surface area contributed by atoms with Crippen molar-refractivity contribution in [2.45, 2.75) is 20.8 Å². The number of carbonyl (C=O) groups excluding carboxylic acids is 4. The zero-order chi connectivity index (χ0) is 20.7. The molecule has 8 nitrogen and oxygen atoms in total. The zero-order valence-electron chi connectivity index (χ0n) is 15.9. The second kappa shape index (κ2) is 9.31. The van der Waals surface area contributed by atoms with Gasteiger partial charge >= 0.3 is 0 Å². The minimum atomic E-state index is -0.382. The number of benzene rings is 2. The summed E-state index contributed by atoms with van der Waals surface area (Å²) >= 11 is 0. The van der Waals surface area contributed by atoms with Gasteiger partial charge in [0.25, 0.3) is 0 Å². The standard InChI is InChI=1S/C20H22N4O4/c1-13(25)21-16-7-9-17(10-8-16)23-20(28)12-24(15(3)27)19-6-4-5-18(11-19)22-14(2)26/h4-11H,12H2,1-3H3,(H,21,25)(H,22,26)(H,23,28). The van der Waals surface area contributed by atoms with Gasteiger partial charge in [-0.2, -0.15) is 0 Å². The molecule has 2 aromatic rings. The van der Waals surface area contributed by atoms with Crippen molar-refractivity contribution < 1.29 is 19.2 Å². The number of anilines is 4. The van der Waals surface area contributed by atoms with Crippen LogP contribution in [0.5, 0.6) is 0 Å². The minimum absolute atomic E-state index is 0.185. The molecule has 146 valence electrons. The van der Waals surface area contributed by atoms with E-state index in [0.717, 1.165) is 0 Å². The van der Waals surface area contributed by atoms with Crippen LogP contribution in [0.1, 0.15) is 20.8 Å². The van der Waals surface area contributed by atoms with Gasteiger partial charge in [-0.05, 0) is 42.5 Å². The van der Waals surface area contributed by atoms with Crippen LogP contribution < -0.4 is 20.9 Å². The van der Waals surface area contributed by atoms with E-state index in [1.807, 2.05) is 0 Å². The summed E-state index contributed by atoms with van der Waals surface area (Å²) in [6.45, 7) is 3.97. The van der Waals surface area contributed by atoms with Gasteiger partial charge in [0.2, 0.25) is 23.6 Å². The van der Waals surface area contributed by atoms with E-state index in [4.69, 9.17) is 0 Å². The van der Waals surface area contributed by atoms with Crippen LogP contribution >= 0.6 is 0 Å². The van der Waals surface area contributed by atoms with Crippen molar-refractivity contribution in [1.82, 2.24) is 0 Å². The third-order valence-corrected chi connectivity index (χ3v) is 3.65. The molecule has 0 saturated heterocycles. The first-order valence-corrected chi connectivity index (χ1v) is 8.58. The lowest BCUT2D eigenvalue weighted by atomic mass is 10.2. The van der Waals surface area contributed by atoms with Gasteiger partial charge in [0.15, 0.2) is 0 Å². The smallest absolute Gasteiger partial charge is 0.244 e. The van der Waals surface area contributed by atoms with Crippen molar-refractivity contribution in [3.05, 3.63) is 48.5 Å². The van der Waals surface area contributed by atoms with E-state index < -0.39 is 0 Å². The van der Waals surface area contributed by atoms with Crippen LogP contribution in [0.3, 0.4) is 0 Å². The molecular weight excluding hydrogens is 360 g/mol. The number of nitrogens with zero attached hydrogens (tertiary/aromatic N) is 1. The van der Waals surface area contributed by atoms with E-state index in [1.54, 1.807) is 48.5 Å². The quantitative estimate of drug-likeness (QED) is 0.714. The first-order chi connectivity index (χ1) is 13.2. The Morgan fingerprint density at radius 1 is 0.750 bits per heavy atom. The van der Waals surface area contributed by atoms with Crippen LogP contribution in [0.15, 0.2) is 48.5 Å². The fraction of sp³-hybridized carbons (Fsp3) is 0.200. The fourth-order valence-corrected chi connectivity index (χ4v) is 2.52. The maximum Gasteiger partial charge on any atom is 0.244 e. The molecule has 2 rings (SSSR count). The molecule has 0 fully saturated rings. The summed E-state index contributed by atoms with van der Waals surface area (Å²) < 4.78 is 0. The Morgan fingerprint density at radius 2 is 1.29 bits per heavy atom. The molecule has 0 aliphatic carbocycles. The van der Waals surface area contributed by atoms with Crippen molar-refractivity contribution in [3.8, 4) is 0 Å². The van der Waals surface area contributed by atoms with E-state index in [2.05, 4.69) is 16.0 Å². The second-order valence-corrected chi connectivity index (χ2v) is 6.14. The van der Waals surface area contributed by atoms with E-state index in [-0.39, 0.29) is 30.2 Å². The van der Waals surface area contributed by atoms with E-state index in [9.17, 15) is 19.2 Å². The molecule has 0 atom stereocenters. The zero-order valence-corrected chi connectivity index (χ0v) is 15.9. The van der Waals surface area contributed by atoms with Crippen LogP contribution in [0, 0.1) is 0 Å². The molecule has 4 amide bonds. The summed E-state index contributed by atoms with van der Waals surface area (Å²) in [7, 11) is 0. The third kappa shape index (κ3) is 6.24. The SMILES string of the molecule is CC(=O)Nc1ccc(NC(=O)CN(C(C)=O)c2cccc(NC(C)=O)c2)cc1. The Labute approximate surface area is 162 Å². The molecule has 0 spiro atoms. The van der Waals surface area contributed by atoms with Crippen LogP contribution in [-0.2, 0) is 19.2 Å². The Hall–Kier alpha value is -3.68. The molecule has 0 unspecified atom stereocenters. The Balaban J connectivity index is 2.07. The predicted molar refractivity (Wildman–Crippen MR) is 108 cm³/mol. The summed E-state index contributed by atoms with van der Waals surface area (Å²) in [6.07, 6.45) is 0. The van der Waals surface area contributed by atoms with Crippen molar-refractivity contribution >= 4 is 46.4 Å². The highest BCUT2D eigenvalue weighted by Crippen LogP contribution is 2.20. The highest BCUT2D eigenvalue weighted by atomic mass is 16.2. The van der Waals surface area contributed by atoms with Gasteiger partial charge in [-0.15, -0.1) is 0 Å². The maximum atomic E-state index is 12.4. The van der Waals surface area contributed by atoms with E-state index in [0.29, 0.717) is 22.7 Å². The van der Waals surface area contributed by atoms with Crippen LogP contribution in [0.2, 0.25) is 0 Å². The van der Waals surface area contributed by atoms with Crippen LogP contribution in [-0.4, -0.2) is 30.2 Å². The predicted octanol–water partition coefficient (Wildman–Crippen LogP) is 2.60. The highest BCUT2D eigenvalue weighted by molar-refractivity contribution is 6.02. The molecular formula is C20H22N4O4. The summed E-state index contributed by atoms with van der Waals surface area (Å²) in [5.74, 6) is -1.11. The fourth-order valence-electron chi connectivity index (χ4n) is 2.52. The molecule has 8 heteroatoms. The number of hydrogen-bond acceptors (Lipinski definition) is 4. The third-order valence-electron chi connectivity index (χ3n) is 3.65. The summed E-state index contributed by atoms with van der Waals surface area (Å²) in [5.41, 5.74) is 2.18. The van der Waals surface area contributed by atoms with Crippen molar-refractivity contribution in [3.63, 3.8) is 0 Å². The van der Waals surface area contributed by atoms with Gasteiger partial charge in [-0.25, -0.2) is 0 Å². The molecule has 0 saturated carbocycles. The van der Waals surface area contributed by atoms with E-state index >= 15 is 0 Å². The minimum Gasteiger partial charge on any atom is -0.326 e. The lowest BCUT2D eigenvalue weighted by Crippen LogP contribution is -2.36. The van der Waals surface area contributed by atoms with Crippen molar-refractivity contribution in [1.29, 1.82) is 0 Å². The second-order valence-electron chi connectivity index (χ2n) is 6.14. The number of amides is 4. The monoisotopic (exact) mass is 382 g/mol. The molecule has 2 aromatic carbocycles. The molecule has 0 bridgehead atoms. The van der Waals surface area contributed by atoms with Gasteiger partial charge in [-0.1, -0.05) is 6.07 Å². The largest absolute Gasteiger partial charge is 0.326 e. The van der Waals surface area contributed by atoms with Gasteiger partial charge < -0.3 is 20.9 Å². The molecule has 0 radical (unpaired) electrons. The molecule has 3 N–H and O–H groups in total. The molecule has 28 heavy (non-hydrogen) atoms. The summed E-state index contributed by atoms with van der Waals surface area (Å²) in [4.78, 5) is 48.0. The number of hydrogen-bond donors (Lipinski definition) is 3. The normalized spacial score (nSPS) is 9.96. The Kier molecular flexibility index (Phi) is 6.86. The lowest BCUT2D eigenvalue weighted by Gasteiger charge is -2.21. The average Bonchev–Trinajstić information content (AvgIpc) is 2.60. The Morgan fingerprint density at radius 3 is 1.82 bits per heavy atom. The van der Waals surface area contributed by atoms with Gasteiger partial charge in [0, 0.05) is 43.5 Å². The number of nitrogens with one attached hydrogen (secondary N) is 3. The first kappa shape index (κ1) is 20.6. The number of carbonyl (C=O) groups is 4. The average molecular weight is 382 g/mol. The molecule has 0 heterocycles. The van der Waals surface area contributed by atoms with Crippen molar-refractivity contribution in [2.24, 2.45) is 0 Å². The molecule has 0 aliphatic heterocycles. The van der Waals surface area contributed by atoms with Gasteiger partial charge in [-0.3, -0.25) is 19.2 Å². The molecule has 0 aliphatic rings. The lowest BCUT2D eigenvalue weighted by molar-refractivity contribution is -0.120.